The summed E-state index contributed by atoms with van der Waals surface area (Å²) in [5.41, 5.74) is 4.44. The Labute approximate surface area is 105 Å². The molecule has 8 heteroatoms. The third-order valence-corrected chi connectivity index (χ3v) is 2.45. The highest BCUT2D eigenvalue weighted by atomic mass is 19.2. The zero-order chi connectivity index (χ0) is 14.8. The summed E-state index contributed by atoms with van der Waals surface area (Å²) in [6.45, 7) is 0.605. The van der Waals surface area contributed by atoms with Gasteiger partial charge in [0, 0.05) is 12.0 Å². The molecule has 0 aliphatic carbocycles. The Hall–Kier alpha value is -1.41. The van der Waals surface area contributed by atoms with Crippen molar-refractivity contribution in [1.29, 1.82) is 0 Å². The number of aliphatic hydroxyl groups excluding tert-OH is 1. The molecule has 3 nitrogen and oxygen atoms in total. The summed E-state index contributed by atoms with van der Waals surface area (Å²) in [4.78, 5) is 0. The van der Waals surface area contributed by atoms with Crippen LogP contribution in [0.4, 0.5) is 22.0 Å². The van der Waals surface area contributed by atoms with E-state index in [2.05, 4.69) is 4.74 Å². The lowest BCUT2D eigenvalue weighted by Crippen LogP contribution is -2.41. The van der Waals surface area contributed by atoms with Crippen LogP contribution in [0.1, 0.15) is 13.3 Å². The van der Waals surface area contributed by atoms with Crippen molar-refractivity contribution in [2.45, 2.75) is 18.9 Å². The topological polar surface area (TPSA) is 55.5 Å². The largest absolute Gasteiger partial charge is 0.487 e. The first-order valence-electron chi connectivity index (χ1n) is 5.25. The van der Waals surface area contributed by atoms with E-state index in [1.54, 1.807) is 0 Å². The van der Waals surface area contributed by atoms with Gasteiger partial charge >= 0.3 is 0 Å². The summed E-state index contributed by atoms with van der Waals surface area (Å²) in [5.74, 6) is -11.8. The molecule has 0 fully saturated rings. The zero-order valence-corrected chi connectivity index (χ0v) is 9.94. The molecule has 0 saturated heterocycles. The maximum absolute atomic E-state index is 13.2. The van der Waals surface area contributed by atoms with E-state index in [4.69, 9.17) is 10.8 Å². The lowest BCUT2D eigenvalue weighted by molar-refractivity contribution is 0.169. The third-order valence-electron chi connectivity index (χ3n) is 2.45. The lowest BCUT2D eigenvalue weighted by Gasteiger charge is -2.21. The summed E-state index contributed by atoms with van der Waals surface area (Å²) in [5, 5.41) is 8.83. The fraction of sp³-hybridized carbons (Fsp3) is 0.455. The van der Waals surface area contributed by atoms with Gasteiger partial charge in [-0.25, -0.2) is 13.2 Å². The van der Waals surface area contributed by atoms with E-state index in [1.165, 1.54) is 6.92 Å². The van der Waals surface area contributed by atoms with Gasteiger partial charge in [0.25, 0.3) is 0 Å². The molecule has 0 amide bonds. The average molecular weight is 285 g/mol. The molecule has 19 heavy (non-hydrogen) atoms. The first kappa shape index (κ1) is 15.6. The molecule has 3 N–H and O–H groups in total. The van der Waals surface area contributed by atoms with E-state index in [0.29, 0.717) is 0 Å². The van der Waals surface area contributed by atoms with E-state index < -0.39 is 53.6 Å². The van der Waals surface area contributed by atoms with Crippen LogP contribution in [0.3, 0.4) is 0 Å². The average Bonchev–Trinajstić information content (AvgIpc) is 2.38. The Kier molecular flexibility index (Phi) is 4.70. The fourth-order valence-corrected chi connectivity index (χ4v) is 1.18. The minimum atomic E-state index is -2.25. The maximum atomic E-state index is 13.2. The number of nitrogens with two attached hydrogens (primary N) is 1. The number of hydrogen-bond acceptors (Lipinski definition) is 3. The van der Waals surface area contributed by atoms with Crippen LogP contribution in [0.15, 0.2) is 0 Å². The summed E-state index contributed by atoms with van der Waals surface area (Å²) >= 11 is 0. The highest BCUT2D eigenvalue weighted by Crippen LogP contribution is 2.29. The van der Waals surface area contributed by atoms with Crippen molar-refractivity contribution in [3.63, 3.8) is 0 Å². The van der Waals surface area contributed by atoms with Gasteiger partial charge in [0.2, 0.25) is 29.1 Å². The van der Waals surface area contributed by atoms with Gasteiger partial charge < -0.3 is 15.6 Å². The quantitative estimate of drug-likeness (QED) is 0.493. The maximum Gasteiger partial charge on any atom is 0.206 e. The number of hydrogen-bond donors (Lipinski definition) is 2. The summed E-state index contributed by atoms with van der Waals surface area (Å²) in [6.07, 6.45) is -0.0387. The van der Waals surface area contributed by atoms with E-state index in [9.17, 15) is 22.0 Å². The van der Waals surface area contributed by atoms with Gasteiger partial charge in [-0.1, -0.05) is 0 Å². The van der Waals surface area contributed by atoms with Crippen molar-refractivity contribution >= 4 is 0 Å². The van der Waals surface area contributed by atoms with Crippen molar-refractivity contribution in [2.24, 2.45) is 5.73 Å². The number of benzene rings is 1. The molecule has 0 heterocycles. The molecular weight excluding hydrogens is 273 g/mol. The standard InChI is InChI=1S/C11H12F5NO2/c1-11(17,4-18)2-3-19-10-8(15)6(13)5(12)7(14)9(10)16/h18H,2-4,17H2,1H3. The van der Waals surface area contributed by atoms with Gasteiger partial charge in [-0.05, 0) is 6.92 Å². The first-order valence-corrected chi connectivity index (χ1v) is 5.25. The molecule has 1 unspecified atom stereocenters. The second kappa shape index (κ2) is 5.70. The first-order chi connectivity index (χ1) is 8.71. The Morgan fingerprint density at radius 1 is 1.00 bits per heavy atom. The molecule has 0 saturated carbocycles. The number of aliphatic hydroxyl groups is 1. The SMILES string of the molecule is CC(N)(CO)CCOc1c(F)c(F)c(F)c(F)c1F. The van der Waals surface area contributed by atoms with Crippen molar-refractivity contribution in [1.82, 2.24) is 0 Å². The minimum Gasteiger partial charge on any atom is -0.487 e. The second-order valence-electron chi connectivity index (χ2n) is 4.31. The summed E-state index contributed by atoms with van der Waals surface area (Å²) in [7, 11) is 0. The lowest BCUT2D eigenvalue weighted by atomic mass is 10.0. The minimum absolute atomic E-state index is 0.0387. The number of ether oxygens (including phenoxy) is 1. The highest BCUT2D eigenvalue weighted by Gasteiger charge is 2.27. The van der Waals surface area contributed by atoms with Gasteiger partial charge in [-0.15, -0.1) is 0 Å². The van der Waals surface area contributed by atoms with Crippen molar-refractivity contribution in [3.05, 3.63) is 29.1 Å². The van der Waals surface area contributed by atoms with Crippen LogP contribution < -0.4 is 10.5 Å². The summed E-state index contributed by atoms with van der Waals surface area (Å²) < 4.78 is 69.3. The predicted octanol–water partition coefficient (Wildman–Crippen LogP) is 1.86. The third kappa shape index (κ3) is 3.32. The summed E-state index contributed by atoms with van der Waals surface area (Å²) in [6, 6.07) is 0. The van der Waals surface area contributed by atoms with Crippen LogP contribution in [0.2, 0.25) is 0 Å². The predicted molar refractivity (Wildman–Crippen MR) is 56.0 cm³/mol. The molecule has 0 aliphatic rings. The molecule has 0 radical (unpaired) electrons. The Morgan fingerprint density at radius 2 is 1.42 bits per heavy atom. The molecular formula is C11H12F5NO2. The van der Waals surface area contributed by atoms with Gasteiger partial charge in [0.05, 0.1) is 13.2 Å². The van der Waals surface area contributed by atoms with Crippen LogP contribution in [0.5, 0.6) is 5.75 Å². The van der Waals surface area contributed by atoms with Crippen LogP contribution in [-0.2, 0) is 0 Å². The molecule has 1 atom stereocenters. The second-order valence-corrected chi connectivity index (χ2v) is 4.31. The van der Waals surface area contributed by atoms with Crippen molar-refractivity contribution in [3.8, 4) is 5.75 Å². The smallest absolute Gasteiger partial charge is 0.206 e. The van der Waals surface area contributed by atoms with E-state index in [0.717, 1.165) is 0 Å². The van der Waals surface area contributed by atoms with Gasteiger partial charge in [-0.3, -0.25) is 0 Å². The van der Waals surface area contributed by atoms with Crippen LogP contribution in [0, 0.1) is 29.1 Å². The van der Waals surface area contributed by atoms with Crippen molar-refractivity contribution < 1.29 is 31.8 Å². The number of halogens is 5. The Morgan fingerprint density at radius 3 is 1.84 bits per heavy atom. The fourth-order valence-electron chi connectivity index (χ4n) is 1.18. The van der Waals surface area contributed by atoms with Gasteiger partial charge in [0.15, 0.2) is 5.75 Å². The molecule has 1 aromatic rings. The van der Waals surface area contributed by atoms with E-state index in [1.807, 2.05) is 0 Å². The molecule has 0 aliphatic heterocycles. The molecule has 0 spiro atoms. The van der Waals surface area contributed by atoms with Crippen LogP contribution >= 0.6 is 0 Å². The molecule has 108 valence electrons. The molecule has 1 aromatic carbocycles. The van der Waals surface area contributed by atoms with E-state index in [-0.39, 0.29) is 6.42 Å². The molecule has 1 rings (SSSR count). The highest BCUT2D eigenvalue weighted by molar-refractivity contribution is 5.29. The number of rotatable bonds is 5. The normalized spacial score (nSPS) is 14.3. The molecule has 0 aromatic heterocycles. The molecule has 0 bridgehead atoms. The van der Waals surface area contributed by atoms with Crippen LogP contribution in [0.25, 0.3) is 0 Å². The van der Waals surface area contributed by atoms with Gasteiger partial charge in [-0.2, -0.15) is 8.78 Å². The Bertz CT molecular complexity index is 450. The van der Waals surface area contributed by atoms with Crippen LogP contribution in [-0.4, -0.2) is 23.9 Å². The van der Waals surface area contributed by atoms with Gasteiger partial charge in [0.1, 0.15) is 0 Å². The monoisotopic (exact) mass is 285 g/mol. The Balaban J connectivity index is 2.91. The van der Waals surface area contributed by atoms with E-state index >= 15 is 0 Å². The zero-order valence-electron chi connectivity index (χ0n) is 9.94. The van der Waals surface area contributed by atoms with Crippen molar-refractivity contribution in [2.75, 3.05) is 13.2 Å².